The Morgan fingerprint density at radius 3 is 2.45 bits per heavy atom. The smallest absolute Gasteiger partial charge is 0.335 e. The number of carboxylic acid groups (broad SMARTS) is 1. The quantitative estimate of drug-likeness (QED) is 0.194. The maximum atomic E-state index is 15.7. The Kier molecular flexibility index (Phi) is 8.88. The second kappa shape index (κ2) is 12.9. The van der Waals surface area contributed by atoms with Crippen LogP contribution in [0.1, 0.15) is 32.9 Å². The van der Waals surface area contributed by atoms with Crippen molar-refractivity contribution in [3.63, 3.8) is 0 Å². The lowest BCUT2D eigenvalue weighted by Gasteiger charge is -2.47. The monoisotopic (exact) mass is 664 g/mol. The van der Waals surface area contributed by atoms with Crippen LogP contribution in [0.25, 0.3) is 22.3 Å². The molecule has 1 aliphatic rings. The number of fused-ring (bicyclic) bond motifs is 1. The van der Waals surface area contributed by atoms with E-state index in [1.807, 2.05) is 0 Å². The maximum Gasteiger partial charge on any atom is 0.335 e. The molecular weight excluding hydrogens is 633 g/mol. The number of aromatic nitrogens is 3. The van der Waals surface area contributed by atoms with Gasteiger partial charge in [0.05, 0.1) is 39.8 Å². The summed E-state index contributed by atoms with van der Waals surface area (Å²) >= 11 is 0. The van der Waals surface area contributed by atoms with E-state index in [4.69, 9.17) is 9.47 Å². The van der Waals surface area contributed by atoms with Crippen molar-refractivity contribution in [2.45, 2.75) is 32.1 Å². The fourth-order valence-corrected chi connectivity index (χ4v) is 6.47. The Morgan fingerprint density at radius 2 is 1.74 bits per heavy atom. The van der Waals surface area contributed by atoms with Crippen molar-refractivity contribution in [3.8, 4) is 17.1 Å². The van der Waals surface area contributed by atoms with Crippen molar-refractivity contribution in [2.75, 3.05) is 26.5 Å². The van der Waals surface area contributed by atoms with E-state index in [9.17, 15) is 18.5 Å². The molecule has 9 nitrogen and oxygen atoms in total. The number of carboxylic acids is 1. The number of halogens is 3. The topological polar surface area (TPSA) is 107 Å². The highest BCUT2D eigenvalue weighted by Crippen LogP contribution is 2.32. The molecule has 0 radical (unpaired) electrons. The molecule has 1 fully saturated rings. The molecule has 47 heavy (non-hydrogen) atoms. The van der Waals surface area contributed by atoms with Gasteiger partial charge in [0.2, 0.25) is 5.88 Å². The first-order chi connectivity index (χ1) is 22.4. The predicted octanol–water partition coefficient (Wildman–Crippen LogP) is 5.69. The van der Waals surface area contributed by atoms with E-state index < -0.39 is 40.0 Å². The molecule has 0 saturated carbocycles. The highest BCUT2D eigenvalue weighted by atomic mass is 32.2. The molecule has 1 unspecified atom stereocenters. The zero-order chi connectivity index (χ0) is 33.5. The third-order valence-electron chi connectivity index (χ3n) is 8.31. The summed E-state index contributed by atoms with van der Waals surface area (Å²) in [5, 5.41) is 9.60. The lowest BCUT2D eigenvalue weighted by Crippen LogP contribution is -2.64. The van der Waals surface area contributed by atoms with Gasteiger partial charge >= 0.3 is 5.97 Å². The van der Waals surface area contributed by atoms with Crippen LogP contribution in [-0.4, -0.2) is 66.2 Å². The molecule has 1 atom stereocenters. The minimum atomic E-state index is -1.20. The molecule has 0 bridgehead atoms. The van der Waals surface area contributed by atoms with Crippen LogP contribution >= 0.6 is 0 Å². The first-order valence-electron chi connectivity index (χ1n) is 14.6. The van der Waals surface area contributed by atoms with Gasteiger partial charge in [-0.25, -0.2) is 36.4 Å². The zero-order valence-electron chi connectivity index (χ0n) is 25.8. The second-order valence-corrected chi connectivity index (χ2v) is 12.9. The standard InChI is InChI=1S/C34H31F3N4O5S/c1-20-7-8-22(25(35)11-20)16-46-32-6-4-5-28(39-32)24-15-26(36)23(12-27(24)37)14-31-38-29-10-9-21(33(42)43)13-30(29)41(31)19-34(45-2)17-40(18-34)47(3)44/h4-13,15H,14,16-19H2,1-3H3,(H,42,43). The molecular formula is C34H31F3N4O5S. The van der Waals surface area contributed by atoms with E-state index in [0.29, 0.717) is 35.5 Å². The summed E-state index contributed by atoms with van der Waals surface area (Å²) < 4.78 is 72.5. The lowest BCUT2D eigenvalue weighted by atomic mass is 9.96. The van der Waals surface area contributed by atoms with E-state index >= 15 is 8.78 Å². The number of carbonyl (C=O) groups is 1. The van der Waals surface area contributed by atoms with Crippen LogP contribution in [0.5, 0.6) is 5.88 Å². The zero-order valence-corrected chi connectivity index (χ0v) is 26.6. The van der Waals surface area contributed by atoms with Crippen molar-refractivity contribution < 1.29 is 36.8 Å². The highest BCUT2D eigenvalue weighted by molar-refractivity contribution is 7.81. The SMILES string of the molecule is COC1(Cn2c(Cc3cc(F)c(-c4cccc(OCc5ccc(C)cc5F)n4)cc3F)nc3ccc(C(=O)O)cc32)CN(S(C)=O)C1. The number of hydrogen-bond acceptors (Lipinski definition) is 6. The number of benzene rings is 3. The second-order valence-electron chi connectivity index (χ2n) is 11.6. The van der Waals surface area contributed by atoms with Gasteiger partial charge in [-0.15, -0.1) is 0 Å². The van der Waals surface area contributed by atoms with E-state index in [1.165, 1.54) is 24.3 Å². The minimum Gasteiger partial charge on any atom is -0.478 e. The van der Waals surface area contributed by atoms with E-state index in [-0.39, 0.29) is 47.8 Å². The predicted molar refractivity (Wildman–Crippen MR) is 170 cm³/mol. The number of aryl methyl sites for hydroxylation is 1. The summed E-state index contributed by atoms with van der Waals surface area (Å²) in [5.41, 5.74) is 1.46. The average Bonchev–Trinajstić information content (AvgIpc) is 3.35. The molecule has 1 saturated heterocycles. The largest absolute Gasteiger partial charge is 0.478 e. The molecule has 3 heterocycles. The third-order valence-corrected chi connectivity index (χ3v) is 9.30. The molecule has 2 aromatic heterocycles. The summed E-state index contributed by atoms with van der Waals surface area (Å²) in [5.74, 6) is -2.45. The number of methoxy groups -OCH3 is 1. The summed E-state index contributed by atoms with van der Waals surface area (Å²) in [6, 6.07) is 16.1. The fraction of sp³-hybridized carbons (Fsp3) is 0.265. The third kappa shape index (κ3) is 6.64. The van der Waals surface area contributed by atoms with Gasteiger partial charge < -0.3 is 19.1 Å². The van der Waals surface area contributed by atoms with Gasteiger partial charge in [-0.05, 0) is 60.5 Å². The molecule has 0 amide bonds. The average molecular weight is 665 g/mol. The number of rotatable bonds is 11. The molecule has 1 aliphatic heterocycles. The number of nitrogens with zero attached hydrogens (tertiary/aromatic N) is 4. The number of imidazole rings is 1. The minimum absolute atomic E-state index is 0.0277. The van der Waals surface area contributed by atoms with E-state index in [0.717, 1.165) is 17.7 Å². The van der Waals surface area contributed by atoms with Gasteiger partial charge in [-0.1, -0.05) is 18.2 Å². The molecule has 3 aromatic carbocycles. The number of hydrogen-bond donors (Lipinski definition) is 1. The van der Waals surface area contributed by atoms with Gasteiger partial charge in [0.1, 0.15) is 35.5 Å². The molecule has 0 spiro atoms. The van der Waals surface area contributed by atoms with Crippen LogP contribution in [-0.2, 0) is 35.3 Å². The summed E-state index contributed by atoms with van der Waals surface area (Å²) in [6.07, 6.45) is 1.46. The summed E-state index contributed by atoms with van der Waals surface area (Å²) in [4.78, 5) is 20.7. The first-order valence-corrected chi connectivity index (χ1v) is 16.2. The summed E-state index contributed by atoms with van der Waals surface area (Å²) in [7, 11) is 0.342. The Balaban J connectivity index is 1.29. The molecule has 1 N–H and O–H groups in total. The van der Waals surface area contributed by atoms with Gasteiger partial charge in [0.25, 0.3) is 0 Å². The van der Waals surface area contributed by atoms with Crippen LogP contribution in [0.3, 0.4) is 0 Å². The molecule has 0 aliphatic carbocycles. The molecule has 5 aromatic rings. The van der Waals surface area contributed by atoms with Gasteiger partial charge in [-0.2, -0.15) is 0 Å². The molecule has 244 valence electrons. The van der Waals surface area contributed by atoms with E-state index in [2.05, 4.69) is 9.97 Å². The van der Waals surface area contributed by atoms with Gasteiger partial charge in [0.15, 0.2) is 0 Å². The maximum absolute atomic E-state index is 15.7. The van der Waals surface area contributed by atoms with Crippen molar-refractivity contribution in [2.24, 2.45) is 0 Å². The van der Waals surface area contributed by atoms with E-state index in [1.54, 1.807) is 59.5 Å². The van der Waals surface area contributed by atoms with Crippen LogP contribution in [0.4, 0.5) is 13.2 Å². The van der Waals surface area contributed by atoms with Crippen molar-refractivity contribution in [1.82, 2.24) is 18.8 Å². The van der Waals surface area contributed by atoms with Gasteiger partial charge in [0, 0.05) is 50.1 Å². The van der Waals surface area contributed by atoms with Crippen molar-refractivity contribution in [1.29, 1.82) is 0 Å². The fourth-order valence-electron chi connectivity index (χ4n) is 5.63. The number of aromatic carboxylic acids is 1. The Labute approximate surface area is 271 Å². The molecule has 13 heteroatoms. The lowest BCUT2D eigenvalue weighted by molar-refractivity contribution is -0.100. The van der Waals surface area contributed by atoms with Crippen LogP contribution < -0.4 is 4.74 Å². The van der Waals surface area contributed by atoms with Crippen LogP contribution in [0.2, 0.25) is 0 Å². The van der Waals surface area contributed by atoms with Crippen molar-refractivity contribution >= 4 is 28.0 Å². The number of ether oxygens (including phenoxy) is 2. The van der Waals surface area contributed by atoms with Crippen LogP contribution in [0, 0.1) is 24.4 Å². The summed E-state index contributed by atoms with van der Waals surface area (Å²) in [6.45, 7) is 2.63. The Bertz CT molecular complexity index is 2030. The molecule has 6 rings (SSSR count). The van der Waals surface area contributed by atoms with Gasteiger partial charge in [-0.3, -0.25) is 0 Å². The van der Waals surface area contributed by atoms with Crippen LogP contribution in [0.15, 0.2) is 66.7 Å². The van der Waals surface area contributed by atoms with Crippen molar-refractivity contribution in [3.05, 3.63) is 112 Å². The Morgan fingerprint density at radius 1 is 0.979 bits per heavy atom. The number of pyridine rings is 1. The Hall–Kier alpha value is -4.59. The first kappa shape index (κ1) is 32.4. The normalized spacial score (nSPS) is 15.0. The highest BCUT2D eigenvalue weighted by Gasteiger charge is 2.46.